The fourth-order valence-electron chi connectivity index (χ4n) is 3.23. The van der Waals surface area contributed by atoms with Gasteiger partial charge in [0.15, 0.2) is 0 Å². The average Bonchev–Trinajstić information content (AvgIpc) is 2.81. The Bertz CT molecular complexity index is 469. The zero-order valence-electron chi connectivity index (χ0n) is 13.3. The normalized spacial score (nSPS) is 19.5. The highest BCUT2D eigenvalue weighted by atomic mass is 16.1. The molecule has 1 aromatic rings. The van der Waals surface area contributed by atoms with Gasteiger partial charge in [-0.25, -0.2) is 0 Å². The summed E-state index contributed by atoms with van der Waals surface area (Å²) in [6.07, 6.45) is 5.58. The topological polar surface area (TPSA) is 62.2 Å². The van der Waals surface area contributed by atoms with Gasteiger partial charge in [-0.2, -0.15) is 5.10 Å². The summed E-state index contributed by atoms with van der Waals surface area (Å²) < 4.78 is 2.06. The molecular formula is C16H27N5O. The predicted octanol–water partition coefficient (Wildman–Crippen LogP) is 0.869. The van der Waals surface area contributed by atoms with Crippen LogP contribution < -0.4 is 10.6 Å². The van der Waals surface area contributed by atoms with Gasteiger partial charge in [-0.1, -0.05) is 6.42 Å². The number of aromatic nitrogens is 2. The maximum absolute atomic E-state index is 12.0. The number of hydrogen-bond acceptors (Lipinski definition) is 4. The van der Waals surface area contributed by atoms with E-state index in [9.17, 15) is 4.79 Å². The fourth-order valence-corrected chi connectivity index (χ4v) is 3.23. The molecule has 0 bridgehead atoms. The van der Waals surface area contributed by atoms with Gasteiger partial charge in [-0.05, 0) is 45.0 Å². The Hall–Kier alpha value is -1.40. The summed E-state index contributed by atoms with van der Waals surface area (Å²) in [5.74, 6) is 0.131. The van der Waals surface area contributed by atoms with E-state index in [1.165, 1.54) is 25.0 Å². The minimum atomic E-state index is 0.131. The molecule has 0 unspecified atom stereocenters. The van der Waals surface area contributed by atoms with Crippen LogP contribution in [0.15, 0.2) is 6.07 Å². The zero-order valence-corrected chi connectivity index (χ0v) is 13.3. The third kappa shape index (κ3) is 4.30. The van der Waals surface area contributed by atoms with E-state index in [-0.39, 0.29) is 5.91 Å². The van der Waals surface area contributed by atoms with Crippen LogP contribution in [0.1, 0.15) is 43.5 Å². The van der Waals surface area contributed by atoms with Crippen LogP contribution >= 0.6 is 0 Å². The minimum Gasteiger partial charge on any atom is -0.350 e. The van der Waals surface area contributed by atoms with Gasteiger partial charge >= 0.3 is 0 Å². The van der Waals surface area contributed by atoms with Crippen molar-refractivity contribution in [3.8, 4) is 0 Å². The second kappa shape index (κ2) is 7.74. The molecule has 3 heterocycles. The Morgan fingerprint density at radius 3 is 2.95 bits per heavy atom. The van der Waals surface area contributed by atoms with Crippen molar-refractivity contribution in [1.82, 2.24) is 25.3 Å². The zero-order chi connectivity index (χ0) is 15.2. The Morgan fingerprint density at radius 1 is 1.23 bits per heavy atom. The van der Waals surface area contributed by atoms with Crippen LogP contribution in [0.5, 0.6) is 0 Å². The number of hydrogen-bond donors (Lipinski definition) is 2. The van der Waals surface area contributed by atoms with Crippen LogP contribution in [0.25, 0.3) is 0 Å². The molecule has 0 radical (unpaired) electrons. The molecule has 1 fully saturated rings. The van der Waals surface area contributed by atoms with E-state index in [1.54, 1.807) is 0 Å². The number of amides is 1. The molecule has 1 amide bonds. The second-order valence-electron chi connectivity index (χ2n) is 6.31. The lowest BCUT2D eigenvalue weighted by Crippen LogP contribution is -2.34. The molecule has 122 valence electrons. The van der Waals surface area contributed by atoms with E-state index in [0.29, 0.717) is 13.0 Å². The molecule has 0 spiro atoms. The molecule has 22 heavy (non-hydrogen) atoms. The molecule has 0 aliphatic carbocycles. The molecule has 2 aliphatic rings. The lowest BCUT2D eigenvalue weighted by atomic mass is 10.1. The highest BCUT2D eigenvalue weighted by Crippen LogP contribution is 2.10. The van der Waals surface area contributed by atoms with Crippen molar-refractivity contribution in [2.75, 3.05) is 26.2 Å². The number of aryl methyl sites for hydroxylation is 1. The largest absolute Gasteiger partial charge is 0.350 e. The van der Waals surface area contributed by atoms with Crippen LogP contribution in [0.4, 0.5) is 0 Å². The van der Waals surface area contributed by atoms with E-state index in [4.69, 9.17) is 0 Å². The van der Waals surface area contributed by atoms with E-state index < -0.39 is 0 Å². The number of rotatable bonds is 5. The first-order valence-corrected chi connectivity index (χ1v) is 8.56. The van der Waals surface area contributed by atoms with Crippen molar-refractivity contribution in [1.29, 1.82) is 0 Å². The Morgan fingerprint density at radius 2 is 2.09 bits per heavy atom. The summed E-state index contributed by atoms with van der Waals surface area (Å²) in [4.78, 5) is 14.4. The van der Waals surface area contributed by atoms with Crippen LogP contribution in [0.3, 0.4) is 0 Å². The standard InChI is InChI=1S/C16H27N5O/c22-16(5-10-20-7-2-1-3-8-20)18-12-14-11-15-13-17-6-4-9-21(15)19-14/h11,17H,1-10,12-13H2,(H,18,22). The van der Waals surface area contributed by atoms with Crippen molar-refractivity contribution in [3.05, 3.63) is 17.5 Å². The van der Waals surface area contributed by atoms with E-state index >= 15 is 0 Å². The molecule has 6 nitrogen and oxygen atoms in total. The van der Waals surface area contributed by atoms with Crippen LogP contribution in [0.2, 0.25) is 0 Å². The Kier molecular flexibility index (Phi) is 5.45. The van der Waals surface area contributed by atoms with Crippen molar-refractivity contribution in [3.63, 3.8) is 0 Å². The summed E-state index contributed by atoms with van der Waals surface area (Å²) in [5.41, 5.74) is 2.18. The first-order valence-electron chi connectivity index (χ1n) is 8.56. The summed E-state index contributed by atoms with van der Waals surface area (Å²) >= 11 is 0. The monoisotopic (exact) mass is 305 g/mol. The minimum absolute atomic E-state index is 0.131. The quantitative estimate of drug-likeness (QED) is 0.847. The maximum Gasteiger partial charge on any atom is 0.221 e. The molecule has 2 N–H and O–H groups in total. The van der Waals surface area contributed by atoms with E-state index in [0.717, 1.165) is 51.4 Å². The predicted molar refractivity (Wildman–Crippen MR) is 85.3 cm³/mol. The lowest BCUT2D eigenvalue weighted by molar-refractivity contribution is -0.121. The number of carbonyl (C=O) groups excluding carboxylic acids is 1. The number of nitrogens with one attached hydrogen (secondary N) is 2. The number of piperidine rings is 1. The van der Waals surface area contributed by atoms with Gasteiger partial charge in [0, 0.05) is 26.1 Å². The van der Waals surface area contributed by atoms with Gasteiger partial charge in [0.2, 0.25) is 5.91 Å². The summed E-state index contributed by atoms with van der Waals surface area (Å²) in [7, 11) is 0. The highest BCUT2D eigenvalue weighted by molar-refractivity contribution is 5.76. The number of carbonyl (C=O) groups is 1. The smallest absolute Gasteiger partial charge is 0.221 e. The Balaban J connectivity index is 1.41. The van der Waals surface area contributed by atoms with Crippen LogP contribution in [-0.2, 0) is 24.4 Å². The van der Waals surface area contributed by atoms with Gasteiger partial charge < -0.3 is 15.5 Å². The van der Waals surface area contributed by atoms with Crippen molar-refractivity contribution >= 4 is 5.91 Å². The first kappa shape index (κ1) is 15.5. The summed E-state index contributed by atoms with van der Waals surface area (Å²) in [5, 5.41) is 11.0. The average molecular weight is 305 g/mol. The van der Waals surface area contributed by atoms with E-state index in [1.807, 2.05) is 0 Å². The second-order valence-corrected chi connectivity index (χ2v) is 6.31. The third-order valence-corrected chi connectivity index (χ3v) is 4.51. The van der Waals surface area contributed by atoms with Gasteiger partial charge in [0.25, 0.3) is 0 Å². The summed E-state index contributed by atoms with van der Waals surface area (Å²) in [6.45, 7) is 6.60. The molecule has 3 rings (SSSR count). The van der Waals surface area contributed by atoms with Crippen molar-refractivity contribution in [2.24, 2.45) is 0 Å². The molecular weight excluding hydrogens is 278 g/mol. The maximum atomic E-state index is 12.0. The van der Waals surface area contributed by atoms with Gasteiger partial charge in [-0.3, -0.25) is 9.48 Å². The molecule has 6 heteroatoms. The number of nitrogens with zero attached hydrogens (tertiary/aromatic N) is 3. The third-order valence-electron chi connectivity index (χ3n) is 4.51. The molecule has 1 aromatic heterocycles. The molecule has 0 atom stereocenters. The molecule has 0 aromatic carbocycles. The van der Waals surface area contributed by atoms with Crippen molar-refractivity contribution in [2.45, 2.75) is 51.7 Å². The van der Waals surface area contributed by atoms with E-state index in [2.05, 4.69) is 31.4 Å². The Labute approximate surface area is 132 Å². The van der Waals surface area contributed by atoms with Gasteiger partial charge in [0.1, 0.15) is 0 Å². The SMILES string of the molecule is O=C(CCN1CCCCC1)NCc1cc2n(n1)CCCNC2. The van der Waals surface area contributed by atoms with Crippen molar-refractivity contribution < 1.29 is 4.79 Å². The molecule has 2 aliphatic heterocycles. The van der Waals surface area contributed by atoms with Crippen LogP contribution in [-0.4, -0.2) is 46.8 Å². The van der Waals surface area contributed by atoms with Crippen LogP contribution in [0, 0.1) is 0 Å². The lowest BCUT2D eigenvalue weighted by Gasteiger charge is -2.25. The fraction of sp³-hybridized carbons (Fsp3) is 0.750. The highest BCUT2D eigenvalue weighted by Gasteiger charge is 2.13. The summed E-state index contributed by atoms with van der Waals surface area (Å²) in [6, 6.07) is 2.10. The molecule has 0 saturated carbocycles. The number of fused-ring (bicyclic) bond motifs is 1. The molecule has 1 saturated heterocycles. The number of likely N-dealkylation sites (tertiary alicyclic amines) is 1. The van der Waals surface area contributed by atoms with Gasteiger partial charge in [-0.15, -0.1) is 0 Å². The van der Waals surface area contributed by atoms with Gasteiger partial charge in [0.05, 0.1) is 17.9 Å². The first-order chi connectivity index (χ1) is 10.8.